The predicted molar refractivity (Wildman–Crippen MR) is 102 cm³/mol. The number of hydrazone groups is 1. The number of carbonyl (C=O) groups excluding carboxylic acids is 3. The quantitative estimate of drug-likeness (QED) is 0.826. The first-order valence-corrected chi connectivity index (χ1v) is 9.60. The molecule has 1 aromatic rings. The molecule has 1 saturated heterocycles. The lowest BCUT2D eigenvalue weighted by Crippen LogP contribution is -2.46. The number of piperidine rings is 1. The summed E-state index contributed by atoms with van der Waals surface area (Å²) in [6.07, 6.45) is 2.26. The van der Waals surface area contributed by atoms with E-state index in [1.165, 1.54) is 11.1 Å². The zero-order chi connectivity index (χ0) is 20.1. The van der Waals surface area contributed by atoms with Crippen LogP contribution in [0.1, 0.15) is 31.2 Å². The lowest BCUT2D eigenvalue weighted by atomic mass is 9.95. The van der Waals surface area contributed by atoms with Gasteiger partial charge in [-0.05, 0) is 30.9 Å². The van der Waals surface area contributed by atoms with Gasteiger partial charge in [0.25, 0.3) is 5.91 Å². The largest absolute Gasteiger partial charge is 0.356 e. The average Bonchev–Trinajstić information content (AvgIpc) is 2.71. The van der Waals surface area contributed by atoms with Gasteiger partial charge in [-0.25, -0.2) is 9.40 Å². The van der Waals surface area contributed by atoms with E-state index in [0.717, 1.165) is 0 Å². The lowest BCUT2D eigenvalue weighted by molar-refractivity contribution is -0.132. The first-order chi connectivity index (χ1) is 13.5. The van der Waals surface area contributed by atoms with Gasteiger partial charge in [-0.2, -0.15) is 5.10 Å². The van der Waals surface area contributed by atoms with Crippen molar-refractivity contribution < 1.29 is 18.8 Å². The van der Waals surface area contributed by atoms with E-state index in [9.17, 15) is 18.8 Å². The van der Waals surface area contributed by atoms with Gasteiger partial charge in [0.15, 0.2) is 0 Å². The van der Waals surface area contributed by atoms with Crippen molar-refractivity contribution in [2.24, 2.45) is 11.0 Å². The van der Waals surface area contributed by atoms with Crippen molar-refractivity contribution in [1.82, 2.24) is 15.2 Å². The third-order valence-corrected chi connectivity index (χ3v) is 5.26. The average molecular weight is 388 g/mol. The van der Waals surface area contributed by atoms with Gasteiger partial charge in [-0.15, -0.1) is 0 Å². The molecule has 7 nitrogen and oxygen atoms in total. The molecule has 2 heterocycles. The zero-order valence-corrected chi connectivity index (χ0v) is 16.0. The molecule has 2 aliphatic rings. The Morgan fingerprint density at radius 2 is 1.93 bits per heavy atom. The van der Waals surface area contributed by atoms with Crippen molar-refractivity contribution in [2.75, 3.05) is 26.7 Å². The van der Waals surface area contributed by atoms with Gasteiger partial charge in [0.1, 0.15) is 11.5 Å². The summed E-state index contributed by atoms with van der Waals surface area (Å²) in [5.41, 5.74) is 0.981. The Labute approximate surface area is 163 Å². The van der Waals surface area contributed by atoms with Crippen LogP contribution in [0.25, 0.3) is 0 Å². The molecule has 8 heteroatoms. The first-order valence-electron chi connectivity index (χ1n) is 9.60. The maximum Gasteiger partial charge on any atom is 0.270 e. The molecule has 3 rings (SSSR count). The van der Waals surface area contributed by atoms with Crippen LogP contribution < -0.4 is 5.32 Å². The van der Waals surface area contributed by atoms with Gasteiger partial charge < -0.3 is 10.2 Å². The summed E-state index contributed by atoms with van der Waals surface area (Å²) in [6, 6.07) is 6.54. The number of halogens is 1. The van der Waals surface area contributed by atoms with Gasteiger partial charge in [-0.1, -0.05) is 18.2 Å². The minimum Gasteiger partial charge on any atom is -0.356 e. The van der Waals surface area contributed by atoms with E-state index in [-0.39, 0.29) is 29.5 Å². The maximum atomic E-state index is 13.6. The van der Waals surface area contributed by atoms with Crippen LogP contribution in [0.15, 0.2) is 29.4 Å². The van der Waals surface area contributed by atoms with Gasteiger partial charge in [-0.3, -0.25) is 14.4 Å². The molecule has 3 amide bonds. The Morgan fingerprint density at radius 1 is 1.21 bits per heavy atom. The summed E-state index contributed by atoms with van der Waals surface area (Å²) in [4.78, 5) is 38.1. The number of nitrogens with zero attached hydrogens (tertiary/aromatic N) is 3. The fourth-order valence-electron chi connectivity index (χ4n) is 3.52. The van der Waals surface area contributed by atoms with Gasteiger partial charge in [0, 0.05) is 45.4 Å². The maximum absolute atomic E-state index is 13.6. The molecule has 0 atom stereocenters. The number of hydrogen-bond acceptors (Lipinski definition) is 4. The molecule has 0 spiro atoms. The number of rotatable bonds is 5. The smallest absolute Gasteiger partial charge is 0.270 e. The summed E-state index contributed by atoms with van der Waals surface area (Å²) in [6.45, 7) is 1.36. The van der Waals surface area contributed by atoms with E-state index in [2.05, 4.69) is 10.4 Å². The molecule has 150 valence electrons. The van der Waals surface area contributed by atoms with Crippen molar-refractivity contribution in [3.05, 3.63) is 35.6 Å². The van der Waals surface area contributed by atoms with E-state index >= 15 is 0 Å². The summed E-state index contributed by atoms with van der Waals surface area (Å²) < 4.78 is 13.6. The molecule has 0 radical (unpaired) electrons. The number of nitrogens with one attached hydrogen (secondary N) is 1. The Hall–Kier alpha value is -2.77. The van der Waals surface area contributed by atoms with Crippen LogP contribution in [0.3, 0.4) is 0 Å². The monoisotopic (exact) mass is 388 g/mol. The molecule has 0 unspecified atom stereocenters. The van der Waals surface area contributed by atoms with Crippen LogP contribution in [0.4, 0.5) is 4.39 Å². The van der Waals surface area contributed by atoms with Crippen LogP contribution in [0, 0.1) is 11.7 Å². The number of carbonyl (C=O) groups is 3. The minimum absolute atomic E-state index is 0.0521. The van der Waals surface area contributed by atoms with Gasteiger partial charge in [0.2, 0.25) is 11.8 Å². The fourth-order valence-corrected chi connectivity index (χ4v) is 3.52. The molecule has 0 aromatic heterocycles. The molecule has 1 aromatic carbocycles. The highest BCUT2D eigenvalue weighted by molar-refractivity contribution is 6.39. The van der Waals surface area contributed by atoms with Crippen molar-refractivity contribution >= 4 is 23.4 Å². The fraction of sp³-hybridized carbons (Fsp3) is 0.500. The topological polar surface area (TPSA) is 82.1 Å². The highest BCUT2D eigenvalue weighted by Gasteiger charge is 2.31. The van der Waals surface area contributed by atoms with Crippen LogP contribution in [0.2, 0.25) is 0 Å². The second kappa shape index (κ2) is 8.95. The van der Waals surface area contributed by atoms with Crippen molar-refractivity contribution in [3.8, 4) is 0 Å². The standard InChI is InChI=1S/C20H25FN4O3/c1-24-18(26)7-6-17(23-24)20(28)25-12-9-15(10-13-25)19(27)22-11-8-14-4-2-3-5-16(14)21/h2-5,15H,6-13H2,1H3,(H,22,27). The van der Waals surface area contributed by atoms with Crippen LogP contribution in [-0.4, -0.2) is 60.0 Å². The van der Waals surface area contributed by atoms with Crippen molar-refractivity contribution in [1.29, 1.82) is 0 Å². The second-order valence-corrected chi connectivity index (χ2v) is 7.16. The summed E-state index contributed by atoms with van der Waals surface area (Å²) >= 11 is 0. The highest BCUT2D eigenvalue weighted by atomic mass is 19.1. The molecule has 1 N–H and O–H groups in total. The van der Waals surface area contributed by atoms with Crippen LogP contribution in [-0.2, 0) is 20.8 Å². The van der Waals surface area contributed by atoms with E-state index in [4.69, 9.17) is 0 Å². The summed E-state index contributed by atoms with van der Waals surface area (Å²) in [5.74, 6) is -0.715. The Balaban J connectivity index is 1.44. The Bertz CT molecular complexity index is 787. The molecule has 0 saturated carbocycles. The molecular formula is C20H25FN4O3. The van der Waals surface area contributed by atoms with Gasteiger partial charge >= 0.3 is 0 Å². The number of hydrogen-bond donors (Lipinski definition) is 1. The lowest BCUT2D eigenvalue weighted by Gasteiger charge is -2.32. The SMILES string of the molecule is CN1N=C(C(=O)N2CCC(C(=O)NCCc3ccccc3F)CC2)CCC1=O. The first kappa shape index (κ1) is 20.0. The Morgan fingerprint density at radius 3 is 2.61 bits per heavy atom. The van der Waals surface area contributed by atoms with E-state index in [0.29, 0.717) is 63.0 Å². The van der Waals surface area contributed by atoms with E-state index in [1.807, 2.05) is 0 Å². The molecule has 2 aliphatic heterocycles. The minimum atomic E-state index is -0.262. The van der Waals surface area contributed by atoms with Crippen LogP contribution in [0.5, 0.6) is 0 Å². The molecule has 28 heavy (non-hydrogen) atoms. The number of likely N-dealkylation sites (tertiary alicyclic amines) is 1. The molecule has 0 aliphatic carbocycles. The van der Waals surface area contributed by atoms with Crippen LogP contribution >= 0.6 is 0 Å². The molecular weight excluding hydrogens is 363 g/mol. The van der Waals surface area contributed by atoms with Crippen molar-refractivity contribution in [3.63, 3.8) is 0 Å². The normalized spacial score (nSPS) is 18.1. The Kier molecular flexibility index (Phi) is 6.38. The van der Waals surface area contributed by atoms with Crippen molar-refractivity contribution in [2.45, 2.75) is 32.1 Å². The molecule has 0 bridgehead atoms. The molecule has 1 fully saturated rings. The zero-order valence-electron chi connectivity index (χ0n) is 16.0. The number of amides is 3. The third kappa shape index (κ3) is 4.74. The summed E-state index contributed by atoms with van der Waals surface area (Å²) in [5, 5.41) is 8.15. The second-order valence-electron chi connectivity index (χ2n) is 7.16. The predicted octanol–water partition coefficient (Wildman–Crippen LogP) is 1.33. The highest BCUT2D eigenvalue weighted by Crippen LogP contribution is 2.19. The summed E-state index contributed by atoms with van der Waals surface area (Å²) in [7, 11) is 1.55. The van der Waals surface area contributed by atoms with E-state index in [1.54, 1.807) is 30.1 Å². The third-order valence-electron chi connectivity index (χ3n) is 5.26. The van der Waals surface area contributed by atoms with Gasteiger partial charge in [0.05, 0.1) is 0 Å². The van der Waals surface area contributed by atoms with E-state index < -0.39 is 0 Å². The number of benzene rings is 1.